The molecule has 0 fully saturated rings. The van der Waals surface area contributed by atoms with Gasteiger partial charge in [0, 0.05) is 5.56 Å². The summed E-state index contributed by atoms with van der Waals surface area (Å²) in [5.74, 6) is 0.755. The molecule has 0 radical (unpaired) electrons. The van der Waals surface area contributed by atoms with E-state index in [-0.39, 0.29) is 0 Å². The van der Waals surface area contributed by atoms with Crippen LogP contribution in [0.5, 0.6) is 5.75 Å². The maximum Gasteiger partial charge on any atom is 0.427 e. The fourth-order valence-electron chi connectivity index (χ4n) is 1.36. The third-order valence-electron chi connectivity index (χ3n) is 2.31. The Morgan fingerprint density at radius 3 is 2.89 bits per heavy atom. The Bertz CT molecular complexity index is 419. The summed E-state index contributed by atoms with van der Waals surface area (Å²) in [4.78, 5) is 11.1. The number of unbranched alkanes of at least 4 members (excludes halogenated alkanes) is 1. The van der Waals surface area contributed by atoms with E-state index >= 15 is 0 Å². The van der Waals surface area contributed by atoms with Crippen LogP contribution in [0.4, 0.5) is 4.79 Å². The van der Waals surface area contributed by atoms with E-state index in [1.807, 2.05) is 24.3 Å². The minimum Gasteiger partial charge on any atom is -0.493 e. The van der Waals surface area contributed by atoms with E-state index < -0.39 is 6.09 Å². The third-order valence-corrected chi connectivity index (χ3v) is 2.31. The molecule has 0 aromatic heterocycles. The zero-order chi connectivity index (χ0) is 13.9. The number of carbonyl (C=O) groups excluding carboxylic acids is 1. The van der Waals surface area contributed by atoms with Crippen LogP contribution in [0.3, 0.4) is 0 Å². The zero-order valence-corrected chi connectivity index (χ0v) is 11.4. The average molecular weight is 264 g/mol. The molecule has 0 unspecified atom stereocenters. The normalized spacial score (nSPS) is 10.4. The molecule has 1 N–H and O–H groups in total. The summed E-state index contributed by atoms with van der Waals surface area (Å²) in [5, 5.41) is 3.82. The first-order valence-electron chi connectivity index (χ1n) is 6.45. The maximum atomic E-state index is 11.1. The van der Waals surface area contributed by atoms with Gasteiger partial charge in [-0.3, -0.25) is 0 Å². The van der Waals surface area contributed by atoms with Gasteiger partial charge in [-0.1, -0.05) is 25.5 Å². The average Bonchev–Trinajstić information content (AvgIpc) is 2.41. The van der Waals surface area contributed by atoms with E-state index in [0.717, 1.165) is 24.2 Å². The second-order valence-corrected chi connectivity index (χ2v) is 3.83. The van der Waals surface area contributed by atoms with Crippen molar-refractivity contribution in [2.75, 3.05) is 13.2 Å². The second kappa shape index (κ2) is 8.97. The number of nitrogens with one attached hydrogen (secondary N) is 1. The second-order valence-electron chi connectivity index (χ2n) is 3.83. The number of hydrazone groups is 1. The Balaban J connectivity index is 2.56. The molecule has 1 aromatic rings. The van der Waals surface area contributed by atoms with Crippen LogP contribution in [-0.4, -0.2) is 25.5 Å². The summed E-state index contributed by atoms with van der Waals surface area (Å²) in [6.45, 7) is 4.84. The van der Waals surface area contributed by atoms with Crippen LogP contribution in [0.1, 0.15) is 32.3 Å². The zero-order valence-electron chi connectivity index (χ0n) is 11.4. The van der Waals surface area contributed by atoms with Crippen LogP contribution >= 0.6 is 0 Å². The summed E-state index contributed by atoms with van der Waals surface area (Å²) < 4.78 is 10.3. The van der Waals surface area contributed by atoms with Crippen LogP contribution in [0.25, 0.3) is 0 Å². The number of nitrogens with zero attached hydrogens (tertiary/aromatic N) is 1. The van der Waals surface area contributed by atoms with Crippen molar-refractivity contribution in [2.24, 2.45) is 5.10 Å². The van der Waals surface area contributed by atoms with E-state index in [1.54, 1.807) is 6.92 Å². The third kappa shape index (κ3) is 5.90. The number of ether oxygens (including phenoxy) is 2. The molecule has 0 spiro atoms. The molecule has 19 heavy (non-hydrogen) atoms. The smallest absolute Gasteiger partial charge is 0.427 e. The molecule has 0 aliphatic carbocycles. The largest absolute Gasteiger partial charge is 0.493 e. The van der Waals surface area contributed by atoms with Crippen LogP contribution in [-0.2, 0) is 4.74 Å². The SMILES string of the molecule is CCCCOc1ccccc1C=NNC(=O)OCC. The van der Waals surface area contributed by atoms with E-state index in [9.17, 15) is 4.79 Å². The lowest BCUT2D eigenvalue weighted by molar-refractivity contribution is 0.152. The first-order valence-corrected chi connectivity index (χ1v) is 6.45. The quantitative estimate of drug-likeness (QED) is 0.468. The number of carbonyl (C=O) groups is 1. The molecule has 0 heterocycles. The maximum absolute atomic E-state index is 11.1. The van der Waals surface area contributed by atoms with Crippen molar-refractivity contribution in [1.29, 1.82) is 0 Å². The predicted octanol–water partition coefficient (Wildman–Crippen LogP) is 2.95. The van der Waals surface area contributed by atoms with Gasteiger partial charge in [0.05, 0.1) is 19.4 Å². The highest BCUT2D eigenvalue weighted by Crippen LogP contribution is 2.16. The minimum atomic E-state index is -0.567. The molecule has 0 atom stereocenters. The molecule has 0 aliphatic heterocycles. The number of rotatable bonds is 7. The van der Waals surface area contributed by atoms with E-state index in [4.69, 9.17) is 9.47 Å². The molecule has 1 aromatic carbocycles. The first-order chi connectivity index (χ1) is 9.27. The van der Waals surface area contributed by atoms with Gasteiger partial charge < -0.3 is 9.47 Å². The molecule has 0 aliphatic rings. The Hall–Kier alpha value is -2.04. The van der Waals surface area contributed by atoms with Gasteiger partial charge in [-0.2, -0.15) is 5.10 Å². The lowest BCUT2D eigenvalue weighted by atomic mass is 10.2. The van der Waals surface area contributed by atoms with Gasteiger partial charge >= 0.3 is 6.09 Å². The highest BCUT2D eigenvalue weighted by Gasteiger charge is 2.01. The molecule has 0 saturated heterocycles. The number of para-hydroxylation sites is 1. The fourth-order valence-corrected chi connectivity index (χ4v) is 1.36. The lowest BCUT2D eigenvalue weighted by Gasteiger charge is -2.07. The van der Waals surface area contributed by atoms with Gasteiger partial charge in [-0.05, 0) is 25.5 Å². The minimum absolute atomic E-state index is 0.318. The van der Waals surface area contributed by atoms with Crippen molar-refractivity contribution in [3.8, 4) is 5.75 Å². The van der Waals surface area contributed by atoms with E-state index in [0.29, 0.717) is 13.2 Å². The Kier molecular flexibility index (Phi) is 7.09. The number of hydrogen-bond donors (Lipinski definition) is 1. The van der Waals surface area contributed by atoms with Crippen LogP contribution in [0.2, 0.25) is 0 Å². The molecule has 5 nitrogen and oxygen atoms in total. The van der Waals surface area contributed by atoms with Crippen molar-refractivity contribution in [1.82, 2.24) is 5.43 Å². The molecule has 1 rings (SSSR count). The highest BCUT2D eigenvalue weighted by molar-refractivity contribution is 5.84. The Morgan fingerprint density at radius 2 is 2.16 bits per heavy atom. The number of amides is 1. The van der Waals surface area contributed by atoms with Crippen LogP contribution in [0.15, 0.2) is 29.4 Å². The van der Waals surface area contributed by atoms with Crippen molar-refractivity contribution in [3.63, 3.8) is 0 Å². The van der Waals surface area contributed by atoms with Crippen LogP contribution in [0, 0.1) is 0 Å². The standard InChI is InChI=1S/C14H20N2O3/c1-3-5-10-19-13-9-7-6-8-12(13)11-15-16-14(17)18-4-2/h6-9,11H,3-5,10H2,1-2H3,(H,16,17). The van der Waals surface area contributed by atoms with Gasteiger partial charge in [-0.25, -0.2) is 10.2 Å². The molecular formula is C14H20N2O3. The fraction of sp³-hybridized carbons (Fsp3) is 0.429. The molecule has 0 saturated carbocycles. The lowest BCUT2D eigenvalue weighted by Crippen LogP contribution is -2.18. The summed E-state index contributed by atoms with van der Waals surface area (Å²) in [6.07, 6.45) is 3.06. The van der Waals surface area contributed by atoms with Gasteiger partial charge in [-0.15, -0.1) is 0 Å². The predicted molar refractivity (Wildman–Crippen MR) is 74.6 cm³/mol. The number of benzene rings is 1. The summed E-state index contributed by atoms with van der Waals surface area (Å²) in [6, 6.07) is 7.54. The van der Waals surface area contributed by atoms with Gasteiger partial charge in [0.2, 0.25) is 0 Å². The highest BCUT2D eigenvalue weighted by atomic mass is 16.5. The van der Waals surface area contributed by atoms with Gasteiger partial charge in [0.25, 0.3) is 0 Å². The molecule has 5 heteroatoms. The van der Waals surface area contributed by atoms with Crippen molar-refractivity contribution in [2.45, 2.75) is 26.7 Å². The van der Waals surface area contributed by atoms with Gasteiger partial charge in [0.15, 0.2) is 0 Å². The first kappa shape index (κ1) is 15.0. The summed E-state index contributed by atoms with van der Waals surface area (Å²) in [5.41, 5.74) is 3.09. The summed E-state index contributed by atoms with van der Waals surface area (Å²) >= 11 is 0. The Labute approximate surface area is 113 Å². The van der Waals surface area contributed by atoms with E-state index in [1.165, 1.54) is 6.21 Å². The van der Waals surface area contributed by atoms with Crippen LogP contribution < -0.4 is 10.2 Å². The van der Waals surface area contributed by atoms with E-state index in [2.05, 4.69) is 17.5 Å². The molecule has 0 bridgehead atoms. The molecule has 104 valence electrons. The molecular weight excluding hydrogens is 244 g/mol. The number of hydrogen-bond acceptors (Lipinski definition) is 4. The topological polar surface area (TPSA) is 59.9 Å². The molecule has 1 amide bonds. The van der Waals surface area contributed by atoms with Crippen molar-refractivity contribution in [3.05, 3.63) is 29.8 Å². The summed E-state index contributed by atoms with van der Waals surface area (Å²) in [7, 11) is 0. The monoisotopic (exact) mass is 264 g/mol. The van der Waals surface area contributed by atoms with Crippen molar-refractivity contribution < 1.29 is 14.3 Å². The van der Waals surface area contributed by atoms with Crippen molar-refractivity contribution >= 4 is 12.3 Å². The van der Waals surface area contributed by atoms with Gasteiger partial charge in [0.1, 0.15) is 5.75 Å². The Morgan fingerprint density at radius 1 is 1.37 bits per heavy atom.